The molecule has 0 aromatic heterocycles. The lowest BCUT2D eigenvalue weighted by atomic mass is 9.72. The third-order valence-electron chi connectivity index (χ3n) is 4.57. The Morgan fingerprint density at radius 3 is 2.75 bits per heavy atom. The van der Waals surface area contributed by atoms with E-state index in [1.54, 1.807) is 0 Å². The Labute approximate surface area is 120 Å². The van der Waals surface area contributed by atoms with Crippen LogP contribution in [-0.4, -0.2) is 54.1 Å². The molecule has 0 aliphatic carbocycles. The summed E-state index contributed by atoms with van der Waals surface area (Å²) in [5.74, 6) is -0.158. The third kappa shape index (κ3) is 2.58. The van der Waals surface area contributed by atoms with E-state index >= 15 is 0 Å². The Balaban J connectivity index is 1.77. The molecule has 2 aliphatic rings. The number of carboxylic acids is 1. The molecule has 4 heteroatoms. The molecule has 108 valence electrons. The van der Waals surface area contributed by atoms with Gasteiger partial charge in [-0.3, -0.25) is 9.69 Å². The number of benzene rings is 1. The van der Waals surface area contributed by atoms with Gasteiger partial charge in [0.2, 0.25) is 0 Å². The minimum atomic E-state index is -0.633. The molecule has 0 spiro atoms. The number of rotatable bonds is 3. The molecule has 2 atom stereocenters. The second kappa shape index (κ2) is 5.19. The summed E-state index contributed by atoms with van der Waals surface area (Å²) in [4.78, 5) is 16.3. The smallest absolute Gasteiger partial charge is 0.312 e. The highest BCUT2D eigenvalue weighted by molar-refractivity contribution is 5.75. The molecular formula is C16H22N2O2. The van der Waals surface area contributed by atoms with Gasteiger partial charge in [-0.05, 0) is 24.9 Å². The van der Waals surface area contributed by atoms with Crippen molar-refractivity contribution in [2.45, 2.75) is 13.0 Å². The van der Waals surface area contributed by atoms with E-state index in [0.717, 1.165) is 26.1 Å². The number of likely N-dealkylation sites (tertiary alicyclic amines) is 2. The highest BCUT2D eigenvalue weighted by atomic mass is 16.4. The molecule has 0 radical (unpaired) electrons. The molecule has 20 heavy (non-hydrogen) atoms. The summed E-state index contributed by atoms with van der Waals surface area (Å²) in [6.45, 7) is 4.22. The number of hydrogen-bond donors (Lipinski definition) is 1. The Kier molecular flexibility index (Phi) is 3.52. The molecule has 2 unspecified atom stereocenters. The summed E-state index contributed by atoms with van der Waals surface area (Å²) in [6.07, 6.45) is 0.831. The lowest BCUT2D eigenvalue weighted by molar-refractivity contribution is -0.160. The number of hydrogen-bond acceptors (Lipinski definition) is 3. The fourth-order valence-electron chi connectivity index (χ4n) is 3.98. The standard InChI is InChI=1S/C16H22N2O2/c1-17-8-14-7-16(11-17,15(19)20)12-18(10-14)9-13-5-3-2-4-6-13/h2-6,14H,7-12H2,1H3,(H,19,20). The third-order valence-corrected chi connectivity index (χ3v) is 4.57. The number of carboxylic acid groups (broad SMARTS) is 1. The fourth-order valence-corrected chi connectivity index (χ4v) is 3.98. The van der Waals surface area contributed by atoms with Gasteiger partial charge in [0.25, 0.3) is 0 Å². The van der Waals surface area contributed by atoms with Gasteiger partial charge in [-0.2, -0.15) is 0 Å². The van der Waals surface area contributed by atoms with Crippen LogP contribution in [-0.2, 0) is 11.3 Å². The van der Waals surface area contributed by atoms with E-state index in [1.165, 1.54) is 5.56 Å². The first-order chi connectivity index (χ1) is 9.57. The number of fused-ring (bicyclic) bond motifs is 2. The summed E-state index contributed by atoms with van der Waals surface area (Å²) in [5.41, 5.74) is 0.686. The van der Waals surface area contributed by atoms with Gasteiger partial charge < -0.3 is 10.0 Å². The number of nitrogens with zero attached hydrogens (tertiary/aromatic N) is 2. The summed E-state index contributed by atoms with van der Waals surface area (Å²) in [7, 11) is 2.04. The van der Waals surface area contributed by atoms with E-state index in [2.05, 4.69) is 21.9 Å². The Morgan fingerprint density at radius 2 is 2.05 bits per heavy atom. The highest BCUT2D eigenvalue weighted by Gasteiger charge is 2.49. The van der Waals surface area contributed by atoms with E-state index in [9.17, 15) is 9.90 Å². The fraction of sp³-hybridized carbons (Fsp3) is 0.562. The lowest BCUT2D eigenvalue weighted by Crippen LogP contribution is -2.60. The van der Waals surface area contributed by atoms with Crippen molar-refractivity contribution in [3.63, 3.8) is 0 Å². The maximum atomic E-state index is 11.8. The maximum Gasteiger partial charge on any atom is 0.312 e. The van der Waals surface area contributed by atoms with Gasteiger partial charge in [-0.25, -0.2) is 0 Å². The van der Waals surface area contributed by atoms with Crippen molar-refractivity contribution in [2.75, 3.05) is 33.2 Å². The van der Waals surface area contributed by atoms with Gasteiger partial charge in [0.1, 0.15) is 0 Å². The Morgan fingerprint density at radius 1 is 1.30 bits per heavy atom. The van der Waals surface area contributed by atoms with E-state index < -0.39 is 11.4 Å². The lowest BCUT2D eigenvalue weighted by Gasteiger charge is -2.50. The second-order valence-electron chi connectivity index (χ2n) is 6.51. The molecule has 2 saturated heterocycles. The van der Waals surface area contributed by atoms with Crippen LogP contribution in [0.5, 0.6) is 0 Å². The molecule has 2 fully saturated rings. The van der Waals surface area contributed by atoms with Crippen molar-refractivity contribution < 1.29 is 9.90 Å². The zero-order valence-electron chi connectivity index (χ0n) is 12.0. The molecule has 0 amide bonds. The minimum Gasteiger partial charge on any atom is -0.481 e. The summed E-state index contributed by atoms with van der Waals surface area (Å²) < 4.78 is 0. The molecule has 2 aliphatic heterocycles. The van der Waals surface area contributed by atoms with Gasteiger partial charge in [-0.15, -0.1) is 0 Å². The molecule has 1 aromatic carbocycles. The zero-order chi connectivity index (χ0) is 14.2. The van der Waals surface area contributed by atoms with Gasteiger partial charge >= 0.3 is 5.97 Å². The van der Waals surface area contributed by atoms with Gasteiger partial charge in [0.15, 0.2) is 0 Å². The van der Waals surface area contributed by atoms with Crippen LogP contribution in [0.2, 0.25) is 0 Å². The summed E-state index contributed by atoms with van der Waals surface area (Å²) >= 11 is 0. The first-order valence-electron chi connectivity index (χ1n) is 7.26. The van der Waals surface area contributed by atoms with Crippen molar-refractivity contribution in [2.24, 2.45) is 11.3 Å². The van der Waals surface area contributed by atoms with Crippen LogP contribution in [0.1, 0.15) is 12.0 Å². The quantitative estimate of drug-likeness (QED) is 0.908. The Bertz CT molecular complexity index is 487. The van der Waals surface area contributed by atoms with Crippen LogP contribution >= 0.6 is 0 Å². The Hall–Kier alpha value is -1.39. The van der Waals surface area contributed by atoms with Gasteiger partial charge in [0.05, 0.1) is 5.41 Å². The van der Waals surface area contributed by atoms with Crippen LogP contribution in [0.3, 0.4) is 0 Å². The van der Waals surface area contributed by atoms with E-state index in [0.29, 0.717) is 19.0 Å². The SMILES string of the molecule is CN1CC2CN(Cc3ccccc3)CC(C(=O)O)(C2)C1. The summed E-state index contributed by atoms with van der Waals surface area (Å²) in [5, 5.41) is 9.69. The largest absolute Gasteiger partial charge is 0.481 e. The molecule has 1 aromatic rings. The molecule has 2 heterocycles. The predicted molar refractivity (Wildman–Crippen MR) is 77.4 cm³/mol. The van der Waals surface area contributed by atoms with E-state index in [1.807, 2.05) is 25.2 Å². The molecule has 0 saturated carbocycles. The van der Waals surface area contributed by atoms with Crippen LogP contribution in [0, 0.1) is 11.3 Å². The molecule has 4 nitrogen and oxygen atoms in total. The molecule has 1 N–H and O–H groups in total. The van der Waals surface area contributed by atoms with E-state index in [-0.39, 0.29) is 0 Å². The van der Waals surface area contributed by atoms with Crippen LogP contribution in [0.25, 0.3) is 0 Å². The summed E-state index contributed by atoms with van der Waals surface area (Å²) in [6, 6.07) is 10.3. The van der Waals surface area contributed by atoms with Crippen molar-refractivity contribution >= 4 is 5.97 Å². The van der Waals surface area contributed by atoms with Crippen molar-refractivity contribution in [1.29, 1.82) is 0 Å². The topological polar surface area (TPSA) is 43.8 Å². The monoisotopic (exact) mass is 274 g/mol. The van der Waals surface area contributed by atoms with Crippen molar-refractivity contribution in [3.05, 3.63) is 35.9 Å². The maximum absolute atomic E-state index is 11.8. The molecule has 3 rings (SSSR count). The minimum absolute atomic E-state index is 0.474. The van der Waals surface area contributed by atoms with Gasteiger partial charge in [-0.1, -0.05) is 30.3 Å². The zero-order valence-corrected chi connectivity index (χ0v) is 12.0. The molecule has 2 bridgehead atoms. The second-order valence-corrected chi connectivity index (χ2v) is 6.51. The number of piperidine rings is 2. The van der Waals surface area contributed by atoms with Crippen LogP contribution in [0.15, 0.2) is 30.3 Å². The number of carbonyl (C=O) groups is 1. The average Bonchev–Trinajstić information content (AvgIpc) is 2.38. The van der Waals surface area contributed by atoms with Crippen LogP contribution in [0.4, 0.5) is 0 Å². The van der Waals surface area contributed by atoms with Crippen molar-refractivity contribution in [1.82, 2.24) is 9.80 Å². The van der Waals surface area contributed by atoms with Crippen molar-refractivity contribution in [3.8, 4) is 0 Å². The van der Waals surface area contributed by atoms with Gasteiger partial charge in [0, 0.05) is 32.7 Å². The first-order valence-corrected chi connectivity index (χ1v) is 7.26. The highest BCUT2D eigenvalue weighted by Crippen LogP contribution is 2.38. The van der Waals surface area contributed by atoms with E-state index in [4.69, 9.17) is 0 Å². The first kappa shape index (κ1) is 13.6. The predicted octanol–water partition coefficient (Wildman–Crippen LogP) is 1.52. The molecular weight excluding hydrogens is 252 g/mol. The average molecular weight is 274 g/mol. The normalized spacial score (nSPS) is 31.1. The van der Waals surface area contributed by atoms with Crippen LogP contribution < -0.4 is 0 Å². The number of aliphatic carboxylic acids is 1.